The molecule has 1 aromatic carbocycles. The number of aromatic hydroxyl groups is 1. The fourth-order valence-corrected chi connectivity index (χ4v) is 3.92. The van der Waals surface area contributed by atoms with Gasteiger partial charge in [0.1, 0.15) is 15.0 Å². The van der Waals surface area contributed by atoms with E-state index in [1.165, 1.54) is 12.1 Å². The van der Waals surface area contributed by atoms with Gasteiger partial charge in [-0.3, -0.25) is 0 Å². The molecular formula is C14H6Br3FN2O3. The standard InChI is InChI=1S/C14H6Br3FN2O3/c15-8-7-10(12(16)19-9(11(7)21)14(22)23)20(13(8)17)6-3-1-5(18)2-4-6/h1-4,21H,(H,22,23). The minimum Gasteiger partial charge on any atom is -0.505 e. The van der Waals surface area contributed by atoms with E-state index in [2.05, 4.69) is 52.8 Å². The highest BCUT2D eigenvalue weighted by Gasteiger charge is 2.26. The van der Waals surface area contributed by atoms with E-state index in [1.807, 2.05) is 0 Å². The molecular weight excluding hydrogens is 503 g/mol. The number of carboxylic acids is 1. The maximum absolute atomic E-state index is 13.2. The number of benzene rings is 1. The lowest BCUT2D eigenvalue weighted by atomic mass is 10.2. The summed E-state index contributed by atoms with van der Waals surface area (Å²) in [5.41, 5.74) is 0.589. The minimum atomic E-state index is -1.34. The molecule has 118 valence electrons. The Kier molecular flexibility index (Phi) is 4.19. The lowest BCUT2D eigenvalue weighted by Gasteiger charge is -2.09. The first-order valence-electron chi connectivity index (χ1n) is 6.10. The highest BCUT2D eigenvalue weighted by molar-refractivity contribution is 9.13. The highest BCUT2D eigenvalue weighted by Crippen LogP contribution is 2.44. The molecule has 0 saturated heterocycles. The van der Waals surface area contributed by atoms with Gasteiger partial charge in [0.15, 0.2) is 11.4 Å². The van der Waals surface area contributed by atoms with Crippen LogP contribution in [0.15, 0.2) is 37.9 Å². The molecule has 3 rings (SSSR count). The van der Waals surface area contributed by atoms with E-state index in [-0.39, 0.29) is 15.8 Å². The van der Waals surface area contributed by atoms with Gasteiger partial charge in [-0.25, -0.2) is 14.2 Å². The number of halogens is 4. The first-order chi connectivity index (χ1) is 10.8. The average molecular weight is 509 g/mol. The normalized spacial score (nSPS) is 11.1. The van der Waals surface area contributed by atoms with Crippen molar-refractivity contribution in [3.05, 3.63) is 49.5 Å². The molecule has 2 aromatic heterocycles. The van der Waals surface area contributed by atoms with E-state index < -0.39 is 17.4 Å². The summed E-state index contributed by atoms with van der Waals surface area (Å²) in [5.74, 6) is -2.18. The van der Waals surface area contributed by atoms with Crippen LogP contribution in [0.1, 0.15) is 10.5 Å². The van der Waals surface area contributed by atoms with E-state index in [0.29, 0.717) is 20.3 Å². The van der Waals surface area contributed by atoms with Crippen LogP contribution in [0.2, 0.25) is 0 Å². The number of hydrogen-bond acceptors (Lipinski definition) is 3. The van der Waals surface area contributed by atoms with Crippen molar-refractivity contribution in [3.8, 4) is 11.4 Å². The molecule has 0 radical (unpaired) electrons. The summed E-state index contributed by atoms with van der Waals surface area (Å²) in [6.45, 7) is 0. The van der Waals surface area contributed by atoms with Crippen molar-refractivity contribution in [2.75, 3.05) is 0 Å². The second-order valence-electron chi connectivity index (χ2n) is 4.55. The predicted octanol–water partition coefficient (Wildman–Crippen LogP) is 4.86. The third-order valence-electron chi connectivity index (χ3n) is 3.21. The summed E-state index contributed by atoms with van der Waals surface area (Å²) >= 11 is 9.97. The number of aromatic carboxylic acids is 1. The number of rotatable bonds is 2. The molecule has 0 aliphatic heterocycles. The van der Waals surface area contributed by atoms with Crippen molar-refractivity contribution >= 4 is 64.7 Å². The van der Waals surface area contributed by atoms with Crippen LogP contribution in [0.25, 0.3) is 16.6 Å². The number of nitrogens with zero attached hydrogens (tertiary/aromatic N) is 2. The summed E-state index contributed by atoms with van der Waals surface area (Å²) in [7, 11) is 0. The van der Waals surface area contributed by atoms with Gasteiger partial charge in [0, 0.05) is 5.69 Å². The zero-order valence-electron chi connectivity index (χ0n) is 11.0. The number of aromatic nitrogens is 2. The van der Waals surface area contributed by atoms with Crippen molar-refractivity contribution in [2.45, 2.75) is 0 Å². The maximum Gasteiger partial charge on any atom is 0.358 e. The molecule has 0 spiro atoms. The van der Waals surface area contributed by atoms with Gasteiger partial charge >= 0.3 is 5.97 Å². The van der Waals surface area contributed by atoms with Crippen molar-refractivity contribution in [3.63, 3.8) is 0 Å². The van der Waals surface area contributed by atoms with Gasteiger partial charge in [-0.15, -0.1) is 0 Å². The smallest absolute Gasteiger partial charge is 0.358 e. The maximum atomic E-state index is 13.2. The highest BCUT2D eigenvalue weighted by atomic mass is 79.9. The molecule has 2 N–H and O–H groups in total. The van der Waals surface area contributed by atoms with Gasteiger partial charge in [0.25, 0.3) is 0 Å². The van der Waals surface area contributed by atoms with Crippen molar-refractivity contribution in [2.24, 2.45) is 0 Å². The zero-order valence-corrected chi connectivity index (χ0v) is 15.8. The van der Waals surface area contributed by atoms with E-state index >= 15 is 0 Å². The van der Waals surface area contributed by atoms with Gasteiger partial charge in [-0.1, -0.05) is 0 Å². The average Bonchev–Trinajstić information content (AvgIpc) is 2.77. The number of pyridine rings is 1. The third-order valence-corrected chi connectivity index (χ3v) is 5.82. The van der Waals surface area contributed by atoms with Crippen molar-refractivity contribution in [1.82, 2.24) is 9.55 Å². The van der Waals surface area contributed by atoms with Gasteiger partial charge < -0.3 is 14.8 Å². The van der Waals surface area contributed by atoms with E-state index in [4.69, 9.17) is 5.11 Å². The molecule has 0 atom stereocenters. The second kappa shape index (κ2) is 5.88. The van der Waals surface area contributed by atoms with Crippen molar-refractivity contribution < 1.29 is 19.4 Å². The third kappa shape index (κ3) is 2.56. The van der Waals surface area contributed by atoms with Gasteiger partial charge in [-0.05, 0) is 72.1 Å². The fourth-order valence-electron chi connectivity index (χ4n) is 2.23. The van der Waals surface area contributed by atoms with E-state index in [9.17, 15) is 14.3 Å². The summed E-state index contributed by atoms with van der Waals surface area (Å²) in [6, 6.07) is 5.71. The van der Waals surface area contributed by atoms with Crippen molar-refractivity contribution in [1.29, 1.82) is 0 Å². The lowest BCUT2D eigenvalue weighted by molar-refractivity contribution is 0.0687. The molecule has 0 aliphatic carbocycles. The SMILES string of the molecule is O=C(O)c1nc(Br)c2c(c1O)c(Br)c(Br)n2-c1ccc(F)cc1. The summed E-state index contributed by atoms with van der Waals surface area (Å²) in [5, 5.41) is 19.7. The largest absolute Gasteiger partial charge is 0.505 e. The Bertz CT molecular complexity index is 955. The fraction of sp³-hybridized carbons (Fsp3) is 0. The summed E-state index contributed by atoms with van der Waals surface area (Å²) < 4.78 is 16.0. The van der Waals surface area contributed by atoms with Crippen LogP contribution in [-0.2, 0) is 0 Å². The molecule has 0 unspecified atom stereocenters. The molecule has 2 heterocycles. The molecule has 0 aliphatic rings. The molecule has 0 fully saturated rings. The number of carbonyl (C=O) groups is 1. The number of hydrogen-bond donors (Lipinski definition) is 2. The second-order valence-corrected chi connectivity index (χ2v) is 6.84. The topological polar surface area (TPSA) is 75.3 Å². The summed E-state index contributed by atoms with van der Waals surface area (Å²) in [6.07, 6.45) is 0. The van der Waals surface area contributed by atoms with Crippen LogP contribution in [0, 0.1) is 5.82 Å². The molecule has 23 heavy (non-hydrogen) atoms. The quantitative estimate of drug-likeness (QED) is 0.485. The number of fused-ring (bicyclic) bond motifs is 1. The Hall–Kier alpha value is -1.45. The van der Waals surface area contributed by atoms with Gasteiger partial charge in [-0.2, -0.15) is 0 Å². The van der Waals surface area contributed by atoms with Crippen LogP contribution in [0.5, 0.6) is 5.75 Å². The lowest BCUT2D eigenvalue weighted by Crippen LogP contribution is -2.03. The van der Waals surface area contributed by atoms with Crippen LogP contribution in [0.3, 0.4) is 0 Å². The molecule has 5 nitrogen and oxygen atoms in total. The summed E-state index contributed by atoms with van der Waals surface area (Å²) in [4.78, 5) is 15.1. The monoisotopic (exact) mass is 506 g/mol. The molecule has 3 aromatic rings. The number of carboxylic acid groups (broad SMARTS) is 1. The Balaban J connectivity index is 2.45. The van der Waals surface area contributed by atoms with Crippen LogP contribution in [0.4, 0.5) is 4.39 Å². The Morgan fingerprint density at radius 1 is 1.17 bits per heavy atom. The van der Waals surface area contributed by atoms with Gasteiger partial charge in [0.2, 0.25) is 0 Å². The molecule has 0 amide bonds. The van der Waals surface area contributed by atoms with Crippen LogP contribution >= 0.6 is 47.8 Å². The minimum absolute atomic E-state index is 0.235. The predicted molar refractivity (Wildman–Crippen MR) is 92.8 cm³/mol. The molecule has 0 saturated carbocycles. The molecule has 9 heteroatoms. The Labute approximate surface area is 154 Å². The first kappa shape index (κ1) is 16.4. The Morgan fingerprint density at radius 3 is 2.35 bits per heavy atom. The Morgan fingerprint density at radius 2 is 1.78 bits per heavy atom. The zero-order chi connectivity index (χ0) is 16.9. The molecule has 0 bridgehead atoms. The first-order valence-corrected chi connectivity index (χ1v) is 8.48. The van der Waals surface area contributed by atoms with Crippen LogP contribution in [-0.4, -0.2) is 25.7 Å². The van der Waals surface area contributed by atoms with Gasteiger partial charge in [0.05, 0.1) is 15.4 Å². The van der Waals surface area contributed by atoms with E-state index in [1.54, 1.807) is 16.7 Å². The van der Waals surface area contributed by atoms with Crippen LogP contribution < -0.4 is 0 Å². The van der Waals surface area contributed by atoms with E-state index in [0.717, 1.165) is 0 Å².